The molecule has 1 rings (SSSR count). The number of rotatable bonds is 5. The van der Waals surface area contributed by atoms with Crippen LogP contribution in [-0.2, 0) is 4.79 Å². The highest BCUT2D eigenvalue weighted by molar-refractivity contribution is 5.76. The predicted molar refractivity (Wildman–Crippen MR) is 60.9 cm³/mol. The van der Waals surface area contributed by atoms with Crippen molar-refractivity contribution in [1.82, 2.24) is 0 Å². The third kappa shape index (κ3) is 3.55. The van der Waals surface area contributed by atoms with Crippen LogP contribution in [0.25, 0.3) is 0 Å². The first-order valence-corrected chi connectivity index (χ1v) is 5.21. The van der Waals surface area contributed by atoms with Gasteiger partial charge in [-0.05, 0) is 24.6 Å². The van der Waals surface area contributed by atoms with Crippen molar-refractivity contribution in [3.63, 3.8) is 0 Å². The normalized spacial score (nSPS) is 14.2. The van der Waals surface area contributed by atoms with E-state index >= 15 is 0 Å². The summed E-state index contributed by atoms with van der Waals surface area (Å²) in [6, 6.07) is 7.09. The number of nitrogens with two attached hydrogens (primary N) is 1. The number of carbonyl (C=O) groups is 1. The van der Waals surface area contributed by atoms with Gasteiger partial charge in [-0.15, -0.1) is 0 Å². The Balaban J connectivity index is 2.52. The Morgan fingerprint density at radius 2 is 1.94 bits per heavy atom. The van der Waals surface area contributed by atoms with Crippen molar-refractivity contribution in [1.29, 1.82) is 0 Å². The molecule has 0 saturated carbocycles. The van der Waals surface area contributed by atoms with Crippen LogP contribution in [0.2, 0.25) is 0 Å². The number of primary amides is 1. The molecule has 0 aliphatic rings. The van der Waals surface area contributed by atoms with Crippen LogP contribution in [0.4, 0.5) is 0 Å². The molecule has 2 atom stereocenters. The van der Waals surface area contributed by atoms with Crippen LogP contribution in [0.3, 0.4) is 0 Å². The van der Waals surface area contributed by atoms with Crippen LogP contribution in [0, 0.1) is 5.92 Å². The molecule has 0 aliphatic carbocycles. The van der Waals surface area contributed by atoms with E-state index in [4.69, 9.17) is 10.5 Å². The van der Waals surface area contributed by atoms with Crippen molar-refractivity contribution in [2.45, 2.75) is 20.0 Å². The van der Waals surface area contributed by atoms with Crippen molar-refractivity contribution in [2.24, 2.45) is 11.7 Å². The van der Waals surface area contributed by atoms with Crippen molar-refractivity contribution < 1.29 is 14.6 Å². The lowest BCUT2D eigenvalue weighted by molar-refractivity contribution is -0.122. The largest absolute Gasteiger partial charge is 0.493 e. The summed E-state index contributed by atoms with van der Waals surface area (Å²) in [5.41, 5.74) is 5.94. The van der Waals surface area contributed by atoms with E-state index in [1.807, 2.05) is 0 Å². The van der Waals surface area contributed by atoms with Gasteiger partial charge in [0.05, 0.1) is 18.6 Å². The number of benzene rings is 1. The molecule has 2 unspecified atom stereocenters. The number of amides is 1. The number of hydrogen-bond donors (Lipinski definition) is 2. The van der Waals surface area contributed by atoms with Gasteiger partial charge in [0.1, 0.15) is 5.75 Å². The lowest BCUT2D eigenvalue weighted by atomic mass is 10.1. The van der Waals surface area contributed by atoms with Crippen molar-refractivity contribution >= 4 is 5.91 Å². The quantitative estimate of drug-likeness (QED) is 0.788. The van der Waals surface area contributed by atoms with E-state index in [0.29, 0.717) is 5.75 Å². The second kappa shape index (κ2) is 5.51. The molecular formula is C12H17NO3. The Hall–Kier alpha value is -1.55. The predicted octanol–water partition coefficient (Wildman–Crippen LogP) is 1.24. The summed E-state index contributed by atoms with van der Waals surface area (Å²) >= 11 is 0. The zero-order valence-corrected chi connectivity index (χ0v) is 9.51. The van der Waals surface area contributed by atoms with Crippen LogP contribution in [0.15, 0.2) is 24.3 Å². The molecule has 3 N–H and O–H groups in total. The molecular weight excluding hydrogens is 206 g/mol. The van der Waals surface area contributed by atoms with E-state index in [0.717, 1.165) is 5.56 Å². The summed E-state index contributed by atoms with van der Waals surface area (Å²) in [4.78, 5) is 10.8. The summed E-state index contributed by atoms with van der Waals surface area (Å²) in [5.74, 6) is -0.0189. The number of carbonyl (C=O) groups excluding carboxylic acids is 1. The van der Waals surface area contributed by atoms with E-state index in [1.54, 1.807) is 38.1 Å². The lowest BCUT2D eigenvalue weighted by Gasteiger charge is -2.11. The van der Waals surface area contributed by atoms with E-state index in [-0.39, 0.29) is 18.4 Å². The van der Waals surface area contributed by atoms with Crippen molar-refractivity contribution in [3.8, 4) is 5.75 Å². The van der Waals surface area contributed by atoms with E-state index in [1.165, 1.54) is 0 Å². The van der Waals surface area contributed by atoms with Gasteiger partial charge < -0.3 is 15.6 Å². The molecule has 1 aromatic rings. The zero-order chi connectivity index (χ0) is 12.1. The molecule has 0 aromatic heterocycles. The van der Waals surface area contributed by atoms with Crippen LogP contribution < -0.4 is 10.5 Å². The van der Waals surface area contributed by atoms with Gasteiger partial charge in [0.25, 0.3) is 0 Å². The van der Waals surface area contributed by atoms with Gasteiger partial charge in [-0.2, -0.15) is 0 Å². The Bertz CT molecular complexity index is 346. The number of aliphatic hydroxyl groups is 1. The fourth-order valence-electron chi connectivity index (χ4n) is 1.15. The highest BCUT2D eigenvalue weighted by Crippen LogP contribution is 2.17. The Labute approximate surface area is 95.0 Å². The van der Waals surface area contributed by atoms with Crippen LogP contribution in [0.1, 0.15) is 25.5 Å². The van der Waals surface area contributed by atoms with E-state index in [2.05, 4.69) is 0 Å². The second-order valence-corrected chi connectivity index (χ2v) is 3.86. The first-order chi connectivity index (χ1) is 7.50. The maximum absolute atomic E-state index is 10.8. The minimum Gasteiger partial charge on any atom is -0.493 e. The summed E-state index contributed by atoms with van der Waals surface area (Å²) in [6.45, 7) is 3.68. The standard InChI is InChI=1S/C12H17NO3/c1-8(12(13)15)7-16-11-5-3-10(4-6-11)9(2)14/h3-6,8-9,14H,7H2,1-2H3,(H2,13,15). The Kier molecular flexibility index (Phi) is 4.31. The molecule has 88 valence electrons. The average molecular weight is 223 g/mol. The minimum absolute atomic E-state index is 0.267. The molecule has 1 amide bonds. The molecule has 0 aliphatic heterocycles. The van der Waals surface area contributed by atoms with Gasteiger partial charge in [0.2, 0.25) is 5.91 Å². The van der Waals surface area contributed by atoms with Gasteiger partial charge in [0, 0.05) is 0 Å². The van der Waals surface area contributed by atoms with Gasteiger partial charge in [-0.25, -0.2) is 0 Å². The summed E-state index contributed by atoms with van der Waals surface area (Å²) in [7, 11) is 0. The molecule has 1 aromatic carbocycles. The van der Waals surface area contributed by atoms with Gasteiger partial charge in [-0.1, -0.05) is 19.1 Å². The third-order valence-corrected chi connectivity index (χ3v) is 2.35. The first kappa shape index (κ1) is 12.5. The summed E-state index contributed by atoms with van der Waals surface area (Å²) < 4.78 is 5.38. The monoisotopic (exact) mass is 223 g/mol. The maximum atomic E-state index is 10.8. The second-order valence-electron chi connectivity index (χ2n) is 3.86. The summed E-state index contributed by atoms with van der Waals surface area (Å²) in [5, 5.41) is 9.30. The molecule has 4 nitrogen and oxygen atoms in total. The first-order valence-electron chi connectivity index (χ1n) is 5.21. The molecule has 0 radical (unpaired) electrons. The maximum Gasteiger partial charge on any atom is 0.223 e. The average Bonchev–Trinajstić information content (AvgIpc) is 2.26. The van der Waals surface area contributed by atoms with Gasteiger partial charge >= 0.3 is 0 Å². The summed E-state index contributed by atoms with van der Waals surface area (Å²) in [6.07, 6.45) is -0.487. The smallest absolute Gasteiger partial charge is 0.223 e. The molecule has 0 spiro atoms. The van der Waals surface area contributed by atoms with E-state index in [9.17, 15) is 9.90 Å². The fourth-order valence-corrected chi connectivity index (χ4v) is 1.15. The number of ether oxygens (including phenoxy) is 1. The number of hydrogen-bond acceptors (Lipinski definition) is 3. The topological polar surface area (TPSA) is 72.6 Å². The fraction of sp³-hybridized carbons (Fsp3) is 0.417. The van der Waals surface area contributed by atoms with Crippen LogP contribution in [-0.4, -0.2) is 17.6 Å². The van der Waals surface area contributed by atoms with Crippen molar-refractivity contribution in [3.05, 3.63) is 29.8 Å². The molecule has 0 bridgehead atoms. The molecule has 0 heterocycles. The molecule has 0 saturated heterocycles. The molecule has 0 fully saturated rings. The van der Waals surface area contributed by atoms with Crippen molar-refractivity contribution in [2.75, 3.05) is 6.61 Å². The van der Waals surface area contributed by atoms with Gasteiger partial charge in [0.15, 0.2) is 0 Å². The van der Waals surface area contributed by atoms with Gasteiger partial charge in [-0.3, -0.25) is 4.79 Å². The van der Waals surface area contributed by atoms with Crippen LogP contribution >= 0.6 is 0 Å². The SMILES string of the molecule is CC(COc1ccc(C(C)O)cc1)C(N)=O. The highest BCUT2D eigenvalue weighted by atomic mass is 16.5. The Morgan fingerprint density at radius 1 is 1.38 bits per heavy atom. The molecule has 16 heavy (non-hydrogen) atoms. The highest BCUT2D eigenvalue weighted by Gasteiger charge is 2.09. The number of aliphatic hydroxyl groups excluding tert-OH is 1. The third-order valence-electron chi connectivity index (χ3n) is 2.35. The zero-order valence-electron chi connectivity index (χ0n) is 9.51. The van der Waals surface area contributed by atoms with E-state index < -0.39 is 6.10 Å². The molecule has 4 heteroatoms. The Morgan fingerprint density at radius 3 is 2.38 bits per heavy atom. The minimum atomic E-state index is -0.487. The van der Waals surface area contributed by atoms with Crippen LogP contribution in [0.5, 0.6) is 5.75 Å². The lowest BCUT2D eigenvalue weighted by Crippen LogP contribution is -2.25.